The van der Waals surface area contributed by atoms with E-state index in [2.05, 4.69) is 54.2 Å². The Hall–Kier alpha value is -2.06. The van der Waals surface area contributed by atoms with E-state index in [4.69, 9.17) is 5.73 Å². The highest BCUT2D eigenvalue weighted by Crippen LogP contribution is 2.25. The van der Waals surface area contributed by atoms with Crippen LogP contribution in [0.3, 0.4) is 0 Å². The summed E-state index contributed by atoms with van der Waals surface area (Å²) in [6.45, 7) is 6.30. The minimum atomic E-state index is 0.269. The maximum absolute atomic E-state index is 9.32. The largest absolute Gasteiger partial charge is 0.382 e. The summed E-state index contributed by atoms with van der Waals surface area (Å²) in [6, 6.07) is 10.3. The predicted molar refractivity (Wildman–Crippen MR) is 90.8 cm³/mol. The first-order valence-corrected chi connectivity index (χ1v) is 8.20. The summed E-state index contributed by atoms with van der Waals surface area (Å²) in [7, 11) is 0. The van der Waals surface area contributed by atoms with Crippen molar-refractivity contribution in [2.45, 2.75) is 44.0 Å². The summed E-state index contributed by atoms with van der Waals surface area (Å²) < 4.78 is 0. The molecule has 0 aliphatic heterocycles. The van der Waals surface area contributed by atoms with Crippen LogP contribution in [-0.4, -0.2) is 15.2 Å². The number of anilines is 1. The van der Waals surface area contributed by atoms with Gasteiger partial charge < -0.3 is 5.73 Å². The first-order chi connectivity index (χ1) is 10.5. The molecule has 2 aromatic rings. The quantitative estimate of drug-likeness (QED) is 0.672. The molecule has 0 saturated heterocycles. The number of aryl methyl sites for hydroxylation is 1. The number of nitrogens with two attached hydrogens (primary N) is 1. The lowest BCUT2D eigenvalue weighted by Gasteiger charge is -2.11. The van der Waals surface area contributed by atoms with E-state index in [0.29, 0.717) is 28.1 Å². The molecule has 22 heavy (non-hydrogen) atoms. The number of thioether (sulfide) groups is 1. The van der Waals surface area contributed by atoms with E-state index in [9.17, 15) is 5.26 Å². The fourth-order valence-electron chi connectivity index (χ4n) is 1.97. The van der Waals surface area contributed by atoms with E-state index in [1.165, 1.54) is 5.56 Å². The highest BCUT2D eigenvalue weighted by atomic mass is 32.2. The van der Waals surface area contributed by atoms with Gasteiger partial charge >= 0.3 is 0 Å². The second-order valence-corrected chi connectivity index (χ2v) is 6.73. The molecular formula is C17H20N4S. The first-order valence-electron chi connectivity index (χ1n) is 7.32. The molecule has 2 rings (SSSR count). The molecule has 1 atom stereocenters. The van der Waals surface area contributed by atoms with Crippen LogP contribution in [0.2, 0.25) is 0 Å². The van der Waals surface area contributed by atoms with Gasteiger partial charge in [0.15, 0.2) is 5.16 Å². The van der Waals surface area contributed by atoms with Gasteiger partial charge in [-0.05, 0) is 18.9 Å². The molecule has 0 amide bonds. The topological polar surface area (TPSA) is 75.6 Å². The molecule has 4 nitrogen and oxygen atoms in total. The van der Waals surface area contributed by atoms with Gasteiger partial charge in [0.05, 0.1) is 5.69 Å². The van der Waals surface area contributed by atoms with Gasteiger partial charge in [-0.25, -0.2) is 9.97 Å². The van der Waals surface area contributed by atoms with E-state index in [-0.39, 0.29) is 5.82 Å². The first kappa shape index (κ1) is 16.3. The van der Waals surface area contributed by atoms with Crippen LogP contribution in [0.25, 0.3) is 0 Å². The Morgan fingerprint density at radius 1 is 1.27 bits per heavy atom. The van der Waals surface area contributed by atoms with Crippen molar-refractivity contribution < 1.29 is 0 Å². The number of aromatic nitrogens is 2. The van der Waals surface area contributed by atoms with Crippen LogP contribution in [-0.2, 0) is 6.42 Å². The molecule has 0 fully saturated rings. The van der Waals surface area contributed by atoms with Crippen LogP contribution >= 0.6 is 11.8 Å². The number of benzene rings is 1. The number of hydrogen-bond acceptors (Lipinski definition) is 5. The molecule has 0 radical (unpaired) electrons. The summed E-state index contributed by atoms with van der Waals surface area (Å²) in [5.74, 6) is 0.269. The van der Waals surface area contributed by atoms with Gasteiger partial charge in [-0.15, -0.1) is 0 Å². The van der Waals surface area contributed by atoms with Gasteiger partial charge in [-0.1, -0.05) is 55.4 Å². The molecule has 1 aromatic carbocycles. The smallest absolute Gasteiger partial charge is 0.190 e. The maximum atomic E-state index is 9.32. The third-order valence-corrected chi connectivity index (χ3v) is 4.61. The van der Waals surface area contributed by atoms with Crippen LogP contribution in [0, 0.1) is 18.3 Å². The van der Waals surface area contributed by atoms with Crippen molar-refractivity contribution in [3.63, 3.8) is 0 Å². The third kappa shape index (κ3) is 3.99. The Kier molecular flexibility index (Phi) is 5.40. The Bertz CT molecular complexity index is 689. The van der Waals surface area contributed by atoms with E-state index in [1.54, 1.807) is 11.8 Å². The van der Waals surface area contributed by atoms with Crippen LogP contribution < -0.4 is 5.73 Å². The molecule has 0 spiro atoms. The van der Waals surface area contributed by atoms with Crippen molar-refractivity contribution in [2.75, 3.05) is 5.73 Å². The predicted octanol–water partition coefficient (Wildman–Crippen LogP) is 3.72. The SMILES string of the molecule is CCC(C)Sc1nc(N)c(C#N)c(Cc2ccc(C)cc2)n1. The fourth-order valence-corrected chi connectivity index (χ4v) is 2.81. The molecule has 0 aliphatic carbocycles. The van der Waals surface area contributed by atoms with Gasteiger partial charge in [0.1, 0.15) is 17.5 Å². The zero-order chi connectivity index (χ0) is 16.1. The maximum Gasteiger partial charge on any atom is 0.190 e. The van der Waals surface area contributed by atoms with Crippen molar-refractivity contribution in [1.82, 2.24) is 9.97 Å². The summed E-state index contributed by atoms with van der Waals surface area (Å²) in [4.78, 5) is 8.81. The normalized spacial score (nSPS) is 11.9. The molecule has 5 heteroatoms. The molecule has 0 aliphatic rings. The Labute approximate surface area is 135 Å². The molecule has 0 bridgehead atoms. The second kappa shape index (κ2) is 7.28. The minimum Gasteiger partial charge on any atom is -0.382 e. The zero-order valence-electron chi connectivity index (χ0n) is 13.1. The number of nitrogen functional groups attached to an aromatic ring is 1. The van der Waals surface area contributed by atoms with Crippen LogP contribution in [0.1, 0.15) is 42.7 Å². The zero-order valence-corrected chi connectivity index (χ0v) is 13.9. The van der Waals surface area contributed by atoms with Crippen LogP contribution in [0.5, 0.6) is 0 Å². The highest BCUT2D eigenvalue weighted by Gasteiger charge is 2.14. The average molecular weight is 312 g/mol. The molecule has 0 saturated carbocycles. The highest BCUT2D eigenvalue weighted by molar-refractivity contribution is 7.99. The third-order valence-electron chi connectivity index (χ3n) is 3.48. The standard InChI is InChI=1S/C17H20N4S/c1-4-12(3)22-17-20-15(14(10-18)16(19)21-17)9-13-7-5-11(2)6-8-13/h5-8,12H,4,9H2,1-3H3,(H2,19,20,21). The molecular weight excluding hydrogens is 292 g/mol. The minimum absolute atomic E-state index is 0.269. The van der Waals surface area contributed by atoms with Crippen molar-refractivity contribution in [3.05, 3.63) is 46.6 Å². The van der Waals surface area contributed by atoms with Gasteiger partial charge in [0, 0.05) is 11.7 Å². The summed E-state index contributed by atoms with van der Waals surface area (Å²) in [5.41, 5.74) is 9.34. The lowest BCUT2D eigenvalue weighted by Crippen LogP contribution is -2.07. The fraction of sp³-hybridized carbons (Fsp3) is 0.353. The van der Waals surface area contributed by atoms with Crippen molar-refractivity contribution in [1.29, 1.82) is 5.26 Å². The lowest BCUT2D eigenvalue weighted by molar-refractivity contribution is 0.867. The number of hydrogen-bond donors (Lipinski definition) is 1. The van der Waals surface area contributed by atoms with Gasteiger partial charge in [-0.2, -0.15) is 5.26 Å². The van der Waals surface area contributed by atoms with Gasteiger partial charge in [0.25, 0.3) is 0 Å². The second-order valence-electron chi connectivity index (χ2n) is 5.32. The van der Waals surface area contributed by atoms with Crippen LogP contribution in [0.4, 0.5) is 5.82 Å². The van der Waals surface area contributed by atoms with Crippen molar-refractivity contribution in [3.8, 4) is 6.07 Å². The molecule has 1 aromatic heterocycles. The van der Waals surface area contributed by atoms with Gasteiger partial charge in [-0.3, -0.25) is 0 Å². The van der Waals surface area contributed by atoms with Crippen molar-refractivity contribution in [2.24, 2.45) is 0 Å². The van der Waals surface area contributed by atoms with E-state index >= 15 is 0 Å². The number of nitrogens with zero attached hydrogens (tertiary/aromatic N) is 3. The Balaban J connectivity index is 2.35. The van der Waals surface area contributed by atoms with Crippen molar-refractivity contribution >= 4 is 17.6 Å². The number of nitriles is 1. The lowest BCUT2D eigenvalue weighted by atomic mass is 10.0. The Morgan fingerprint density at radius 2 is 1.95 bits per heavy atom. The van der Waals surface area contributed by atoms with E-state index in [1.807, 2.05) is 6.92 Å². The molecule has 2 N–H and O–H groups in total. The van der Waals surface area contributed by atoms with E-state index in [0.717, 1.165) is 12.0 Å². The monoisotopic (exact) mass is 312 g/mol. The summed E-state index contributed by atoms with van der Waals surface area (Å²) >= 11 is 1.59. The molecule has 1 unspecified atom stereocenters. The Morgan fingerprint density at radius 3 is 2.55 bits per heavy atom. The van der Waals surface area contributed by atoms with Gasteiger partial charge in [0.2, 0.25) is 0 Å². The van der Waals surface area contributed by atoms with Crippen LogP contribution in [0.15, 0.2) is 29.4 Å². The summed E-state index contributed by atoms with van der Waals surface area (Å²) in [6.07, 6.45) is 1.62. The van der Waals surface area contributed by atoms with E-state index < -0.39 is 0 Å². The summed E-state index contributed by atoms with van der Waals surface area (Å²) in [5, 5.41) is 10.4. The average Bonchev–Trinajstić information content (AvgIpc) is 2.49. The molecule has 1 heterocycles. The molecule has 114 valence electrons. The number of rotatable bonds is 5.